The molecule has 1 aromatic carbocycles. The molecule has 0 amide bonds. The zero-order chi connectivity index (χ0) is 13.8. The molecule has 2 aromatic rings. The van der Waals surface area contributed by atoms with E-state index in [9.17, 15) is 9.90 Å². The van der Waals surface area contributed by atoms with Gasteiger partial charge >= 0.3 is 0 Å². The smallest absolute Gasteiger partial charge is 0.250 e. The van der Waals surface area contributed by atoms with Gasteiger partial charge in [-0.1, -0.05) is 0 Å². The number of nitrogens with zero attached hydrogens (tertiary/aromatic N) is 1. The Morgan fingerprint density at radius 2 is 2.11 bits per heavy atom. The lowest BCUT2D eigenvalue weighted by Gasteiger charge is -2.10. The zero-order valence-electron chi connectivity index (χ0n) is 10.9. The topological polar surface area (TPSA) is 63.5 Å². The molecule has 0 spiro atoms. The van der Waals surface area contributed by atoms with Crippen LogP contribution in [0.5, 0.6) is 11.5 Å². The van der Waals surface area contributed by atoms with Crippen molar-refractivity contribution < 1.29 is 9.84 Å². The molecular formula is C14H16N2O3. The van der Waals surface area contributed by atoms with Crippen LogP contribution in [0.2, 0.25) is 0 Å². The SMILES string of the molecule is COc1ccc(CNc2ccc(=O)n(C)c2)c(O)c1. The molecule has 0 saturated heterocycles. The summed E-state index contributed by atoms with van der Waals surface area (Å²) in [5.74, 6) is 0.792. The zero-order valence-corrected chi connectivity index (χ0v) is 10.9. The van der Waals surface area contributed by atoms with Gasteiger partial charge in [0.1, 0.15) is 11.5 Å². The van der Waals surface area contributed by atoms with Crippen molar-refractivity contribution in [1.29, 1.82) is 0 Å². The third-order valence-corrected chi connectivity index (χ3v) is 2.86. The van der Waals surface area contributed by atoms with Gasteiger partial charge in [-0.15, -0.1) is 0 Å². The third kappa shape index (κ3) is 3.07. The fourth-order valence-electron chi connectivity index (χ4n) is 1.72. The summed E-state index contributed by atoms with van der Waals surface area (Å²) in [7, 11) is 3.25. The number of phenolic OH excluding ortho intramolecular Hbond substituents is 1. The Bertz CT molecular complexity index is 635. The Morgan fingerprint density at radius 1 is 1.32 bits per heavy atom. The highest BCUT2D eigenvalue weighted by Gasteiger charge is 2.03. The number of anilines is 1. The highest BCUT2D eigenvalue weighted by molar-refractivity contribution is 5.45. The van der Waals surface area contributed by atoms with Gasteiger partial charge in [0.15, 0.2) is 0 Å². The molecule has 2 rings (SSSR count). The van der Waals surface area contributed by atoms with Crippen molar-refractivity contribution in [1.82, 2.24) is 4.57 Å². The standard InChI is InChI=1S/C14H16N2O3/c1-16-9-11(4-6-14(16)18)15-8-10-3-5-12(19-2)7-13(10)17/h3-7,9,15,17H,8H2,1-2H3. The highest BCUT2D eigenvalue weighted by atomic mass is 16.5. The predicted octanol–water partition coefficient (Wildman–Crippen LogP) is 1.71. The number of benzene rings is 1. The first-order valence-corrected chi connectivity index (χ1v) is 5.86. The number of phenols is 1. The van der Waals surface area contributed by atoms with Crippen molar-refractivity contribution >= 4 is 5.69 Å². The Morgan fingerprint density at radius 3 is 2.74 bits per heavy atom. The van der Waals surface area contributed by atoms with E-state index in [0.717, 1.165) is 11.3 Å². The summed E-state index contributed by atoms with van der Waals surface area (Å²) >= 11 is 0. The second-order valence-electron chi connectivity index (χ2n) is 4.22. The number of pyridine rings is 1. The Labute approximate surface area is 111 Å². The maximum atomic E-state index is 11.3. The number of aromatic nitrogens is 1. The van der Waals surface area contributed by atoms with Crippen LogP contribution in [0.3, 0.4) is 0 Å². The second kappa shape index (κ2) is 5.48. The number of aryl methyl sites for hydroxylation is 1. The third-order valence-electron chi connectivity index (χ3n) is 2.86. The summed E-state index contributed by atoms with van der Waals surface area (Å²) in [4.78, 5) is 11.3. The average Bonchev–Trinajstić information content (AvgIpc) is 2.41. The van der Waals surface area contributed by atoms with Gasteiger partial charge in [-0.3, -0.25) is 4.79 Å². The maximum absolute atomic E-state index is 11.3. The number of rotatable bonds is 4. The van der Waals surface area contributed by atoms with Crippen LogP contribution in [0.25, 0.3) is 0 Å². The fourth-order valence-corrected chi connectivity index (χ4v) is 1.72. The predicted molar refractivity (Wildman–Crippen MR) is 73.7 cm³/mol. The summed E-state index contributed by atoms with van der Waals surface area (Å²) in [6.45, 7) is 0.466. The molecule has 0 aliphatic rings. The molecule has 5 heteroatoms. The molecule has 1 heterocycles. The van der Waals surface area contributed by atoms with Crippen LogP contribution in [-0.2, 0) is 13.6 Å². The second-order valence-corrected chi connectivity index (χ2v) is 4.22. The largest absolute Gasteiger partial charge is 0.507 e. The Kier molecular flexibility index (Phi) is 3.75. The molecule has 0 fully saturated rings. The minimum absolute atomic E-state index is 0.0576. The number of hydrogen-bond acceptors (Lipinski definition) is 4. The van der Waals surface area contributed by atoms with Crippen molar-refractivity contribution in [3.63, 3.8) is 0 Å². The molecule has 0 atom stereocenters. The first-order chi connectivity index (χ1) is 9.10. The van der Waals surface area contributed by atoms with E-state index in [2.05, 4.69) is 5.32 Å². The van der Waals surface area contributed by atoms with E-state index >= 15 is 0 Å². The lowest BCUT2D eigenvalue weighted by molar-refractivity contribution is 0.406. The molecule has 1 aromatic heterocycles. The lowest BCUT2D eigenvalue weighted by Crippen LogP contribution is -2.15. The molecule has 5 nitrogen and oxygen atoms in total. The van der Waals surface area contributed by atoms with Crippen molar-refractivity contribution in [2.45, 2.75) is 6.54 Å². The molecule has 100 valence electrons. The molecule has 0 bridgehead atoms. The van der Waals surface area contributed by atoms with E-state index in [1.165, 1.54) is 10.6 Å². The molecule has 0 aliphatic carbocycles. The molecule has 0 radical (unpaired) electrons. The quantitative estimate of drug-likeness (QED) is 0.878. The first-order valence-electron chi connectivity index (χ1n) is 5.86. The minimum Gasteiger partial charge on any atom is -0.507 e. The monoisotopic (exact) mass is 260 g/mol. The Hall–Kier alpha value is -2.43. The molecule has 0 saturated carbocycles. The van der Waals surface area contributed by atoms with Gasteiger partial charge in [-0.2, -0.15) is 0 Å². The van der Waals surface area contributed by atoms with E-state index in [4.69, 9.17) is 4.74 Å². The number of ether oxygens (including phenoxy) is 1. The molecule has 2 N–H and O–H groups in total. The van der Waals surface area contributed by atoms with Gasteiger partial charge in [0, 0.05) is 37.5 Å². The summed E-state index contributed by atoms with van der Waals surface area (Å²) in [5, 5.41) is 13.0. The molecule has 0 unspecified atom stereocenters. The van der Waals surface area contributed by atoms with E-state index in [1.54, 1.807) is 44.6 Å². The molecule has 0 aliphatic heterocycles. The van der Waals surface area contributed by atoms with Gasteiger partial charge in [-0.05, 0) is 18.2 Å². The van der Waals surface area contributed by atoms with E-state index < -0.39 is 0 Å². The number of aromatic hydroxyl groups is 1. The first kappa shape index (κ1) is 13.0. The van der Waals surface area contributed by atoms with Crippen molar-refractivity contribution in [3.05, 3.63) is 52.4 Å². The molecular weight excluding hydrogens is 244 g/mol. The van der Waals surface area contributed by atoms with E-state index in [-0.39, 0.29) is 11.3 Å². The normalized spacial score (nSPS) is 10.2. The summed E-state index contributed by atoms with van der Waals surface area (Å²) in [6.07, 6.45) is 1.71. The van der Waals surface area contributed by atoms with Gasteiger partial charge in [-0.25, -0.2) is 0 Å². The molecule has 19 heavy (non-hydrogen) atoms. The van der Waals surface area contributed by atoms with Gasteiger partial charge in [0.25, 0.3) is 0 Å². The van der Waals surface area contributed by atoms with Crippen LogP contribution in [-0.4, -0.2) is 16.8 Å². The lowest BCUT2D eigenvalue weighted by atomic mass is 10.2. The summed E-state index contributed by atoms with van der Waals surface area (Å²) < 4.78 is 6.52. The highest BCUT2D eigenvalue weighted by Crippen LogP contribution is 2.23. The van der Waals surface area contributed by atoms with Crippen molar-refractivity contribution in [2.75, 3.05) is 12.4 Å². The van der Waals surface area contributed by atoms with Gasteiger partial charge < -0.3 is 19.7 Å². The Balaban J connectivity index is 2.10. The van der Waals surface area contributed by atoms with Crippen molar-refractivity contribution in [3.8, 4) is 11.5 Å². The van der Waals surface area contributed by atoms with E-state index in [1.807, 2.05) is 0 Å². The van der Waals surface area contributed by atoms with Crippen LogP contribution in [0.4, 0.5) is 5.69 Å². The van der Waals surface area contributed by atoms with Crippen LogP contribution in [0, 0.1) is 0 Å². The van der Waals surface area contributed by atoms with Crippen molar-refractivity contribution in [2.24, 2.45) is 7.05 Å². The number of nitrogens with one attached hydrogen (secondary N) is 1. The van der Waals surface area contributed by atoms with Crippen LogP contribution in [0.1, 0.15) is 5.56 Å². The van der Waals surface area contributed by atoms with Crippen LogP contribution < -0.4 is 15.6 Å². The number of hydrogen-bond donors (Lipinski definition) is 2. The average molecular weight is 260 g/mol. The minimum atomic E-state index is -0.0576. The maximum Gasteiger partial charge on any atom is 0.250 e. The van der Waals surface area contributed by atoms with Crippen LogP contribution in [0.15, 0.2) is 41.3 Å². The van der Waals surface area contributed by atoms with E-state index in [0.29, 0.717) is 12.3 Å². The summed E-state index contributed by atoms with van der Waals surface area (Å²) in [5.41, 5.74) is 1.52. The fraction of sp³-hybridized carbons (Fsp3) is 0.214. The van der Waals surface area contributed by atoms with Crippen LogP contribution >= 0.6 is 0 Å². The summed E-state index contributed by atoms with van der Waals surface area (Å²) in [6, 6.07) is 8.36. The number of methoxy groups -OCH3 is 1. The van der Waals surface area contributed by atoms with Gasteiger partial charge in [0.05, 0.1) is 12.8 Å². The van der Waals surface area contributed by atoms with Gasteiger partial charge in [0.2, 0.25) is 5.56 Å².